The molecule has 0 aromatic carbocycles. The number of hydrogen-bond acceptors (Lipinski definition) is 11. The minimum absolute atomic E-state index is 0.00429. The minimum atomic E-state index is -0.824. The van der Waals surface area contributed by atoms with Crippen molar-refractivity contribution in [2.75, 3.05) is 13.1 Å². The Bertz CT molecular complexity index is 1380. The summed E-state index contributed by atoms with van der Waals surface area (Å²) in [6, 6.07) is 0. The molecular weight excluding hydrogens is 787 g/mol. The van der Waals surface area contributed by atoms with Gasteiger partial charge in [0, 0.05) is 104 Å². The molecule has 0 saturated carbocycles. The van der Waals surface area contributed by atoms with Gasteiger partial charge in [-0.15, -0.1) is 0 Å². The van der Waals surface area contributed by atoms with Crippen molar-refractivity contribution in [1.29, 1.82) is 0 Å². The fraction of sp³-hybridized carbons (Fsp3) is 0.898. The van der Waals surface area contributed by atoms with Crippen molar-refractivity contribution in [3.63, 3.8) is 0 Å². The van der Waals surface area contributed by atoms with E-state index in [0.29, 0.717) is 58.0 Å². The average molecular weight is 878 g/mol. The molecule has 2 amide bonds. The second-order valence-corrected chi connectivity index (χ2v) is 22.5. The van der Waals surface area contributed by atoms with Gasteiger partial charge in [-0.3, -0.25) is 19.2 Å². The summed E-state index contributed by atoms with van der Waals surface area (Å²) in [6.07, 6.45) is 16.4. The number of amides is 2. The highest BCUT2D eigenvalue weighted by molar-refractivity contribution is 6.32. The van der Waals surface area contributed by atoms with E-state index >= 15 is 0 Å². The van der Waals surface area contributed by atoms with Gasteiger partial charge in [-0.1, -0.05) is 45.4 Å². The molecule has 62 heavy (non-hydrogen) atoms. The van der Waals surface area contributed by atoms with Crippen LogP contribution < -0.4 is 26.6 Å². The topological polar surface area (TPSA) is 173 Å². The highest BCUT2D eigenvalue weighted by Crippen LogP contribution is 2.33. The van der Waals surface area contributed by atoms with E-state index in [1.807, 2.05) is 0 Å². The molecule has 0 aliphatic carbocycles. The lowest BCUT2D eigenvalue weighted by atomic mass is 9.81. The Morgan fingerprint density at radius 3 is 1.15 bits per heavy atom. The first kappa shape index (κ1) is 55.4. The van der Waals surface area contributed by atoms with Gasteiger partial charge >= 0.3 is 23.8 Å². The van der Waals surface area contributed by atoms with Crippen LogP contribution >= 0.6 is 0 Å². The second kappa shape index (κ2) is 25.1. The number of piperidine rings is 3. The molecule has 3 saturated heterocycles. The molecule has 3 rings (SSSR count). The van der Waals surface area contributed by atoms with Crippen LogP contribution in [0.25, 0.3) is 0 Å². The number of carbonyl (C=O) groups is 5. The Kier molecular flexibility index (Phi) is 22.4. The number of esters is 3. The summed E-state index contributed by atoms with van der Waals surface area (Å²) in [6.45, 7) is 28.7. The normalized spacial score (nSPS) is 21.4. The van der Waals surface area contributed by atoms with Crippen LogP contribution in [-0.2, 0) is 38.2 Å². The summed E-state index contributed by atoms with van der Waals surface area (Å²) in [5.41, 5.74) is -0.476. The predicted octanol–water partition coefficient (Wildman–Crippen LogP) is 8.24. The zero-order valence-electron chi connectivity index (χ0n) is 41.6. The van der Waals surface area contributed by atoms with E-state index in [2.05, 4.69) is 117 Å². The average Bonchev–Trinajstić information content (AvgIpc) is 3.07. The van der Waals surface area contributed by atoms with Crippen molar-refractivity contribution < 1.29 is 38.2 Å². The van der Waals surface area contributed by atoms with E-state index in [1.54, 1.807) is 0 Å². The zero-order valence-corrected chi connectivity index (χ0v) is 41.6. The number of carbonyl (C=O) groups excluding carboxylic acids is 5. The molecule has 3 heterocycles. The largest absolute Gasteiger partial charge is 0.462 e. The molecule has 0 aromatic heterocycles. The summed E-state index contributed by atoms with van der Waals surface area (Å²) < 4.78 is 16.9. The van der Waals surface area contributed by atoms with Gasteiger partial charge < -0.3 is 40.8 Å². The SMILES string of the molecule is CC1(C)CC(OC(=O)CCCCCNC(=O)C(=O)OC2CC(C)(C)NC(C)(C)C2)CC(C)(C)N1.CCCCCCCC(=O)NCCCCCC(=O)OC1CC(C)(C)NC(C)(C)C1. The third kappa shape index (κ3) is 24.3. The molecule has 13 nitrogen and oxygen atoms in total. The standard InChI is InChI=1S/C26H47N3O5.C23H44N2O3/c1-23(2)14-18(15-24(3,4)28-23)33-20(30)12-10-9-11-13-27-21(31)22(32)34-19-16-25(5,6)29-26(7,8)17-19;1-6-7-8-9-11-14-20(26)24-16-13-10-12-15-21(27)28-19-17-22(2,3)25-23(4,5)18-19/h18-19,28-29H,9-17H2,1-8H3,(H,27,31);19,25H,6-18H2,1-5H3,(H,24,26). The molecule has 0 unspecified atom stereocenters. The molecular formula is C49H91N5O8. The van der Waals surface area contributed by atoms with Crippen LogP contribution in [0.3, 0.4) is 0 Å². The van der Waals surface area contributed by atoms with Crippen molar-refractivity contribution in [2.45, 2.75) is 270 Å². The van der Waals surface area contributed by atoms with Gasteiger partial charge in [0.2, 0.25) is 5.91 Å². The Morgan fingerprint density at radius 2 is 0.758 bits per heavy atom. The predicted molar refractivity (Wildman–Crippen MR) is 248 cm³/mol. The van der Waals surface area contributed by atoms with Gasteiger partial charge in [0.15, 0.2) is 0 Å². The Balaban J connectivity index is 0.000000435. The first-order chi connectivity index (χ1) is 28.6. The molecule has 5 N–H and O–H groups in total. The Hall–Kier alpha value is -2.77. The van der Waals surface area contributed by atoms with Crippen LogP contribution in [0, 0.1) is 0 Å². The third-order valence-electron chi connectivity index (χ3n) is 11.7. The van der Waals surface area contributed by atoms with E-state index in [1.165, 1.54) is 19.3 Å². The highest BCUT2D eigenvalue weighted by Gasteiger charge is 2.42. The van der Waals surface area contributed by atoms with Crippen LogP contribution in [0.2, 0.25) is 0 Å². The summed E-state index contributed by atoms with van der Waals surface area (Å²) in [5.74, 6) is -1.62. The van der Waals surface area contributed by atoms with Gasteiger partial charge in [0.1, 0.15) is 18.3 Å². The first-order valence-corrected chi connectivity index (χ1v) is 24.1. The number of rotatable bonds is 21. The smallest absolute Gasteiger partial charge is 0.397 e. The molecule has 3 fully saturated rings. The molecule has 3 aliphatic heterocycles. The second-order valence-electron chi connectivity index (χ2n) is 22.5. The fourth-order valence-corrected chi connectivity index (χ4v) is 10.3. The van der Waals surface area contributed by atoms with Gasteiger partial charge in [-0.2, -0.15) is 0 Å². The number of hydrogen-bond donors (Lipinski definition) is 5. The van der Waals surface area contributed by atoms with Crippen LogP contribution in [0.15, 0.2) is 0 Å². The van der Waals surface area contributed by atoms with Crippen LogP contribution in [0.4, 0.5) is 0 Å². The van der Waals surface area contributed by atoms with Gasteiger partial charge in [-0.25, -0.2) is 4.79 Å². The van der Waals surface area contributed by atoms with Crippen molar-refractivity contribution in [2.24, 2.45) is 0 Å². The molecule has 0 radical (unpaired) electrons. The van der Waals surface area contributed by atoms with Gasteiger partial charge in [-0.05, 0) is 115 Å². The number of unbranched alkanes of at least 4 members (excludes halogenated alkanes) is 8. The Labute approximate surface area is 376 Å². The van der Waals surface area contributed by atoms with Gasteiger partial charge in [0.05, 0.1) is 0 Å². The Morgan fingerprint density at radius 1 is 0.435 bits per heavy atom. The highest BCUT2D eigenvalue weighted by atomic mass is 16.6. The summed E-state index contributed by atoms with van der Waals surface area (Å²) in [7, 11) is 0. The first-order valence-electron chi connectivity index (χ1n) is 24.1. The minimum Gasteiger partial charge on any atom is -0.462 e. The van der Waals surface area contributed by atoms with Crippen molar-refractivity contribution in [3.05, 3.63) is 0 Å². The van der Waals surface area contributed by atoms with E-state index in [9.17, 15) is 24.0 Å². The fourth-order valence-electron chi connectivity index (χ4n) is 10.3. The van der Waals surface area contributed by atoms with Crippen molar-refractivity contribution in [3.8, 4) is 0 Å². The lowest BCUT2D eigenvalue weighted by Crippen LogP contribution is -2.60. The van der Waals surface area contributed by atoms with E-state index < -0.39 is 11.9 Å². The van der Waals surface area contributed by atoms with Crippen LogP contribution in [0.1, 0.15) is 218 Å². The third-order valence-corrected chi connectivity index (χ3v) is 11.7. The summed E-state index contributed by atoms with van der Waals surface area (Å²) in [5, 5.41) is 16.3. The molecule has 3 aliphatic rings. The van der Waals surface area contributed by atoms with Crippen LogP contribution in [-0.4, -0.2) is 94.4 Å². The zero-order chi connectivity index (χ0) is 46.8. The molecule has 0 bridgehead atoms. The molecule has 0 atom stereocenters. The quantitative estimate of drug-likeness (QED) is 0.0325. The maximum absolute atomic E-state index is 12.3. The van der Waals surface area contributed by atoms with Crippen LogP contribution in [0.5, 0.6) is 0 Å². The van der Waals surface area contributed by atoms with Crippen molar-refractivity contribution >= 4 is 29.7 Å². The molecule has 13 heteroatoms. The number of ether oxygens (including phenoxy) is 3. The lowest BCUT2D eigenvalue weighted by Gasteiger charge is -2.46. The van der Waals surface area contributed by atoms with E-state index in [0.717, 1.165) is 64.2 Å². The molecule has 0 aromatic rings. The molecule has 0 spiro atoms. The molecule has 360 valence electrons. The maximum atomic E-state index is 12.3. The number of nitrogens with one attached hydrogen (secondary N) is 5. The van der Waals surface area contributed by atoms with Crippen molar-refractivity contribution in [1.82, 2.24) is 26.6 Å². The maximum Gasteiger partial charge on any atom is 0.397 e. The van der Waals surface area contributed by atoms with E-state index in [-0.39, 0.29) is 69.4 Å². The summed E-state index contributed by atoms with van der Waals surface area (Å²) >= 11 is 0. The lowest BCUT2D eigenvalue weighted by molar-refractivity contribution is -0.162. The van der Waals surface area contributed by atoms with E-state index in [4.69, 9.17) is 14.2 Å². The summed E-state index contributed by atoms with van der Waals surface area (Å²) in [4.78, 5) is 60.5. The van der Waals surface area contributed by atoms with Gasteiger partial charge in [0.25, 0.3) is 0 Å². The monoisotopic (exact) mass is 878 g/mol.